The minimum atomic E-state index is -0.378. The van der Waals surface area contributed by atoms with Crippen molar-refractivity contribution in [1.29, 1.82) is 5.26 Å². The second-order valence-electron chi connectivity index (χ2n) is 7.18. The fourth-order valence-corrected chi connectivity index (χ4v) is 3.39. The number of nitrogens with zero attached hydrogens (tertiary/aromatic N) is 3. The molecular formula is C22H25FN4O. The number of carbonyl (C=O) groups excluding carboxylic acids is 1. The molecule has 1 aliphatic rings. The number of nitriles is 1. The van der Waals surface area contributed by atoms with Crippen LogP contribution in [0, 0.1) is 24.1 Å². The van der Waals surface area contributed by atoms with Gasteiger partial charge in [0, 0.05) is 32.7 Å². The lowest BCUT2D eigenvalue weighted by Crippen LogP contribution is -2.54. The van der Waals surface area contributed by atoms with Gasteiger partial charge in [0.15, 0.2) is 0 Å². The Morgan fingerprint density at radius 3 is 2.46 bits per heavy atom. The Kier molecular flexibility index (Phi) is 6.27. The smallest absolute Gasteiger partial charge is 0.237 e. The molecule has 1 amide bonds. The Balaban J connectivity index is 1.51. The lowest BCUT2D eigenvalue weighted by Gasteiger charge is -2.38. The number of nitrogens with one attached hydrogen (secondary N) is 1. The summed E-state index contributed by atoms with van der Waals surface area (Å²) in [6.45, 7) is 7.09. The van der Waals surface area contributed by atoms with E-state index >= 15 is 0 Å². The van der Waals surface area contributed by atoms with E-state index in [4.69, 9.17) is 5.26 Å². The molecule has 28 heavy (non-hydrogen) atoms. The Bertz CT molecular complexity index is 867. The molecule has 0 saturated carbocycles. The normalized spacial score (nSPS) is 15.7. The Hall–Kier alpha value is -2.91. The van der Waals surface area contributed by atoms with Crippen molar-refractivity contribution < 1.29 is 9.18 Å². The number of hydrogen-bond acceptors (Lipinski definition) is 4. The monoisotopic (exact) mass is 380 g/mol. The zero-order valence-corrected chi connectivity index (χ0v) is 16.3. The van der Waals surface area contributed by atoms with Gasteiger partial charge in [-0.05, 0) is 37.6 Å². The lowest BCUT2D eigenvalue weighted by molar-refractivity contribution is -0.126. The SMILES string of the molecule is Cc1ccc(CNC(=O)C(C)N2CCN(c3ccc(C#N)cc3F)CC2)cc1. The van der Waals surface area contributed by atoms with Gasteiger partial charge >= 0.3 is 0 Å². The van der Waals surface area contributed by atoms with E-state index in [-0.39, 0.29) is 17.8 Å². The molecule has 0 radical (unpaired) electrons. The van der Waals surface area contributed by atoms with E-state index in [1.807, 2.05) is 49.1 Å². The van der Waals surface area contributed by atoms with Gasteiger partial charge in [0.1, 0.15) is 5.82 Å². The third-order valence-corrected chi connectivity index (χ3v) is 5.25. The van der Waals surface area contributed by atoms with E-state index in [1.165, 1.54) is 11.6 Å². The highest BCUT2D eigenvalue weighted by Crippen LogP contribution is 2.22. The maximum atomic E-state index is 14.2. The lowest BCUT2D eigenvalue weighted by atomic mass is 10.1. The Morgan fingerprint density at radius 1 is 1.18 bits per heavy atom. The van der Waals surface area contributed by atoms with E-state index in [1.54, 1.807) is 12.1 Å². The Morgan fingerprint density at radius 2 is 1.86 bits per heavy atom. The molecule has 2 aromatic rings. The Labute approximate surface area is 165 Å². The van der Waals surface area contributed by atoms with E-state index in [0.29, 0.717) is 44.0 Å². The minimum absolute atomic E-state index is 0.00132. The molecule has 0 aliphatic carbocycles. The predicted molar refractivity (Wildman–Crippen MR) is 107 cm³/mol. The van der Waals surface area contributed by atoms with Gasteiger partial charge in [-0.2, -0.15) is 5.26 Å². The molecule has 2 aromatic carbocycles. The van der Waals surface area contributed by atoms with Crippen LogP contribution in [0.4, 0.5) is 10.1 Å². The summed E-state index contributed by atoms with van der Waals surface area (Å²) in [4.78, 5) is 16.6. The standard InChI is InChI=1S/C22H25FN4O/c1-16-3-5-18(6-4-16)15-25-22(28)17(2)26-9-11-27(12-10-26)21-8-7-19(14-24)13-20(21)23/h3-8,13,17H,9-12,15H2,1-2H3,(H,25,28). The molecule has 0 spiro atoms. The summed E-state index contributed by atoms with van der Waals surface area (Å²) < 4.78 is 14.2. The van der Waals surface area contributed by atoms with Gasteiger partial charge in [0.2, 0.25) is 5.91 Å². The highest BCUT2D eigenvalue weighted by molar-refractivity contribution is 5.81. The molecular weight excluding hydrogens is 355 g/mol. The van der Waals surface area contributed by atoms with Crippen LogP contribution in [0.15, 0.2) is 42.5 Å². The summed E-state index contributed by atoms with van der Waals surface area (Å²) in [7, 11) is 0. The van der Waals surface area contributed by atoms with Crippen LogP contribution in [0.5, 0.6) is 0 Å². The summed E-state index contributed by atoms with van der Waals surface area (Å²) >= 11 is 0. The fourth-order valence-electron chi connectivity index (χ4n) is 3.39. The summed E-state index contributed by atoms with van der Waals surface area (Å²) in [5, 5.41) is 11.9. The van der Waals surface area contributed by atoms with Crippen LogP contribution < -0.4 is 10.2 Å². The third kappa shape index (κ3) is 4.68. The van der Waals surface area contributed by atoms with Crippen molar-refractivity contribution in [2.24, 2.45) is 0 Å². The molecule has 3 rings (SSSR count). The van der Waals surface area contributed by atoms with Crippen molar-refractivity contribution in [2.45, 2.75) is 26.4 Å². The summed E-state index contributed by atoms with van der Waals surface area (Å²) in [5.74, 6) is -0.380. The quantitative estimate of drug-likeness (QED) is 0.867. The molecule has 0 bridgehead atoms. The number of aryl methyl sites for hydroxylation is 1. The number of anilines is 1. The van der Waals surface area contributed by atoms with Crippen molar-refractivity contribution in [2.75, 3.05) is 31.1 Å². The number of amides is 1. The van der Waals surface area contributed by atoms with Crippen molar-refractivity contribution in [3.8, 4) is 6.07 Å². The second kappa shape index (κ2) is 8.85. The molecule has 5 nitrogen and oxygen atoms in total. The van der Waals surface area contributed by atoms with Gasteiger partial charge in [0.25, 0.3) is 0 Å². The molecule has 1 heterocycles. The van der Waals surface area contributed by atoms with E-state index in [0.717, 1.165) is 5.56 Å². The second-order valence-corrected chi connectivity index (χ2v) is 7.18. The van der Waals surface area contributed by atoms with Crippen LogP contribution in [-0.4, -0.2) is 43.0 Å². The first-order valence-corrected chi connectivity index (χ1v) is 9.50. The highest BCUT2D eigenvalue weighted by atomic mass is 19.1. The van der Waals surface area contributed by atoms with Crippen LogP contribution in [-0.2, 0) is 11.3 Å². The summed E-state index contributed by atoms with van der Waals surface area (Å²) in [5.41, 5.74) is 3.10. The van der Waals surface area contributed by atoms with E-state index in [2.05, 4.69) is 10.2 Å². The number of carbonyl (C=O) groups is 1. The van der Waals surface area contributed by atoms with Crippen molar-refractivity contribution in [3.63, 3.8) is 0 Å². The van der Waals surface area contributed by atoms with Gasteiger partial charge < -0.3 is 10.2 Å². The van der Waals surface area contributed by atoms with Gasteiger partial charge in [-0.25, -0.2) is 4.39 Å². The van der Waals surface area contributed by atoms with E-state index in [9.17, 15) is 9.18 Å². The largest absolute Gasteiger partial charge is 0.367 e. The average Bonchev–Trinajstić information content (AvgIpc) is 2.72. The first-order valence-electron chi connectivity index (χ1n) is 9.50. The number of halogens is 1. The summed E-state index contributed by atoms with van der Waals surface area (Å²) in [6, 6.07) is 14.4. The molecule has 6 heteroatoms. The van der Waals surface area contributed by atoms with Crippen LogP contribution in [0.2, 0.25) is 0 Å². The van der Waals surface area contributed by atoms with Crippen LogP contribution >= 0.6 is 0 Å². The maximum Gasteiger partial charge on any atom is 0.237 e. The zero-order chi connectivity index (χ0) is 20.1. The zero-order valence-electron chi connectivity index (χ0n) is 16.3. The van der Waals surface area contributed by atoms with Crippen LogP contribution in [0.3, 0.4) is 0 Å². The first kappa shape index (κ1) is 19.8. The van der Waals surface area contributed by atoms with Gasteiger partial charge in [-0.3, -0.25) is 9.69 Å². The average molecular weight is 380 g/mol. The fraction of sp³-hybridized carbons (Fsp3) is 0.364. The van der Waals surface area contributed by atoms with Gasteiger partial charge in [-0.1, -0.05) is 29.8 Å². The highest BCUT2D eigenvalue weighted by Gasteiger charge is 2.26. The molecule has 146 valence electrons. The van der Waals surface area contributed by atoms with Crippen molar-refractivity contribution in [1.82, 2.24) is 10.2 Å². The summed E-state index contributed by atoms with van der Waals surface area (Å²) in [6.07, 6.45) is 0. The van der Waals surface area contributed by atoms with Crippen molar-refractivity contribution in [3.05, 3.63) is 65.0 Å². The minimum Gasteiger partial charge on any atom is -0.367 e. The predicted octanol–water partition coefficient (Wildman–Crippen LogP) is 2.83. The van der Waals surface area contributed by atoms with Gasteiger partial charge in [-0.15, -0.1) is 0 Å². The molecule has 1 saturated heterocycles. The van der Waals surface area contributed by atoms with Gasteiger partial charge in [0.05, 0.1) is 23.4 Å². The molecule has 0 aromatic heterocycles. The van der Waals surface area contributed by atoms with Crippen LogP contribution in [0.25, 0.3) is 0 Å². The third-order valence-electron chi connectivity index (χ3n) is 5.25. The van der Waals surface area contributed by atoms with E-state index < -0.39 is 0 Å². The molecule has 1 aliphatic heterocycles. The molecule has 1 atom stereocenters. The topological polar surface area (TPSA) is 59.4 Å². The van der Waals surface area contributed by atoms with Crippen LogP contribution in [0.1, 0.15) is 23.6 Å². The maximum absolute atomic E-state index is 14.2. The molecule has 1 N–H and O–H groups in total. The van der Waals surface area contributed by atoms with Crippen molar-refractivity contribution >= 4 is 11.6 Å². The number of piperazine rings is 1. The number of rotatable bonds is 5. The molecule has 1 unspecified atom stereocenters. The number of hydrogen-bond donors (Lipinski definition) is 1. The number of benzene rings is 2. The molecule has 1 fully saturated rings. The first-order chi connectivity index (χ1) is 13.5.